The second-order valence-corrected chi connectivity index (χ2v) is 6.75. The molecule has 0 bridgehead atoms. The molecule has 0 aromatic carbocycles. The van der Waals surface area contributed by atoms with Gasteiger partial charge in [0.05, 0.1) is 0 Å². The molecule has 1 amide bonds. The molecule has 1 heterocycles. The molecule has 0 aromatic rings. The number of hydrogen-bond acceptors (Lipinski definition) is 3. The van der Waals surface area contributed by atoms with Crippen LogP contribution in [0.15, 0.2) is 0 Å². The summed E-state index contributed by atoms with van der Waals surface area (Å²) in [5, 5.41) is 0. The van der Waals surface area contributed by atoms with E-state index in [1.54, 1.807) is 4.90 Å². The van der Waals surface area contributed by atoms with Crippen LogP contribution in [0, 0.1) is 0 Å². The molecule has 1 aliphatic rings. The van der Waals surface area contributed by atoms with Crippen molar-refractivity contribution < 1.29 is 13.2 Å². The van der Waals surface area contributed by atoms with E-state index in [4.69, 9.17) is 0 Å². The Balaban J connectivity index is 2.65. The van der Waals surface area contributed by atoms with Gasteiger partial charge in [-0.05, 0) is 6.42 Å². The van der Waals surface area contributed by atoms with E-state index in [0.29, 0.717) is 32.6 Å². The van der Waals surface area contributed by atoms with Gasteiger partial charge in [-0.1, -0.05) is 15.9 Å². The summed E-state index contributed by atoms with van der Waals surface area (Å²) in [5.74, 6) is 0.00749. The zero-order chi connectivity index (χ0) is 11.5. The first kappa shape index (κ1) is 12.9. The predicted octanol–water partition coefficient (Wildman–Crippen LogP) is 0.223. The zero-order valence-electron chi connectivity index (χ0n) is 8.65. The van der Waals surface area contributed by atoms with Crippen LogP contribution in [0.2, 0.25) is 0 Å². The van der Waals surface area contributed by atoms with Crippen LogP contribution in [-0.2, 0) is 14.8 Å². The highest BCUT2D eigenvalue weighted by atomic mass is 79.9. The monoisotopic (exact) mass is 298 g/mol. The molecule has 0 N–H and O–H groups in total. The number of hydrogen-bond donors (Lipinski definition) is 0. The Labute approximate surface area is 98.6 Å². The summed E-state index contributed by atoms with van der Waals surface area (Å²) in [7, 11) is -3.18. The quantitative estimate of drug-likeness (QED) is 0.686. The topological polar surface area (TPSA) is 57.7 Å². The third kappa shape index (κ3) is 3.42. The lowest BCUT2D eigenvalue weighted by atomic mass is 10.4. The fraction of sp³-hybridized carbons (Fsp3) is 0.875. The van der Waals surface area contributed by atoms with Crippen molar-refractivity contribution in [2.45, 2.75) is 13.3 Å². The molecular weight excluding hydrogens is 284 g/mol. The van der Waals surface area contributed by atoms with Gasteiger partial charge in [-0.2, -0.15) is 4.31 Å². The maximum Gasteiger partial charge on any atom is 0.224 e. The van der Waals surface area contributed by atoms with Crippen molar-refractivity contribution >= 4 is 31.9 Å². The van der Waals surface area contributed by atoms with Crippen LogP contribution in [0.25, 0.3) is 0 Å². The number of sulfonamides is 1. The molecule has 0 atom stereocenters. The molecule has 0 radical (unpaired) electrons. The number of amides is 1. The van der Waals surface area contributed by atoms with Crippen LogP contribution in [0.5, 0.6) is 0 Å². The van der Waals surface area contributed by atoms with E-state index in [9.17, 15) is 13.2 Å². The van der Waals surface area contributed by atoms with Crippen LogP contribution < -0.4 is 0 Å². The van der Waals surface area contributed by atoms with Crippen LogP contribution in [0.4, 0.5) is 0 Å². The van der Waals surface area contributed by atoms with Gasteiger partial charge >= 0.3 is 0 Å². The van der Waals surface area contributed by atoms with Gasteiger partial charge in [-0.25, -0.2) is 8.42 Å². The summed E-state index contributed by atoms with van der Waals surface area (Å²) in [6, 6.07) is 0. The number of carbonyl (C=O) groups is 1. The minimum Gasteiger partial charge on any atom is -0.342 e. The molecule has 15 heavy (non-hydrogen) atoms. The summed E-state index contributed by atoms with van der Waals surface area (Å²) in [6.45, 7) is 3.53. The summed E-state index contributed by atoms with van der Waals surface area (Å²) in [5.41, 5.74) is 0. The number of halogens is 1. The lowest BCUT2D eigenvalue weighted by Gasteiger charge is -2.19. The Morgan fingerprint density at radius 1 is 1.27 bits per heavy atom. The Hall–Kier alpha value is -0.140. The van der Waals surface area contributed by atoms with Crippen molar-refractivity contribution in [3.8, 4) is 0 Å². The third-order valence-corrected chi connectivity index (χ3v) is 5.59. The highest BCUT2D eigenvalue weighted by Crippen LogP contribution is 2.10. The smallest absolute Gasteiger partial charge is 0.224 e. The fourth-order valence-electron chi connectivity index (χ4n) is 1.56. The summed E-state index contributed by atoms with van der Waals surface area (Å²) >= 11 is 2.97. The summed E-state index contributed by atoms with van der Waals surface area (Å²) in [4.78, 5) is 12.8. The molecule has 5 nitrogen and oxygen atoms in total. The van der Waals surface area contributed by atoms with E-state index < -0.39 is 10.0 Å². The molecule has 0 aliphatic carbocycles. The highest BCUT2D eigenvalue weighted by Gasteiger charge is 2.24. The normalized spacial score (nSPS) is 20.0. The molecule has 1 rings (SSSR count). The van der Waals surface area contributed by atoms with Gasteiger partial charge in [0.2, 0.25) is 15.9 Å². The van der Waals surface area contributed by atoms with Crippen molar-refractivity contribution in [2.24, 2.45) is 0 Å². The predicted molar refractivity (Wildman–Crippen MR) is 61.2 cm³/mol. The van der Waals surface area contributed by atoms with Gasteiger partial charge < -0.3 is 4.90 Å². The van der Waals surface area contributed by atoms with Crippen molar-refractivity contribution in [1.82, 2.24) is 9.21 Å². The average molecular weight is 299 g/mol. The largest absolute Gasteiger partial charge is 0.342 e. The van der Waals surface area contributed by atoms with Gasteiger partial charge in [0.25, 0.3) is 0 Å². The molecule has 1 saturated heterocycles. The second kappa shape index (κ2) is 5.27. The first-order valence-electron chi connectivity index (χ1n) is 4.76. The van der Waals surface area contributed by atoms with Crippen molar-refractivity contribution in [1.29, 1.82) is 0 Å². The average Bonchev–Trinajstić information content (AvgIpc) is 2.43. The Bertz CT molecular complexity index is 331. The Morgan fingerprint density at radius 3 is 2.47 bits per heavy atom. The second-order valence-electron chi connectivity index (χ2n) is 3.48. The molecule has 7 heteroatoms. The molecule has 0 aromatic heterocycles. The fourth-order valence-corrected chi connectivity index (χ4v) is 3.33. The van der Waals surface area contributed by atoms with Gasteiger partial charge in [-0.15, -0.1) is 0 Å². The van der Waals surface area contributed by atoms with Crippen LogP contribution in [0.1, 0.15) is 13.3 Å². The molecular formula is C8H15BrN2O3S. The lowest BCUT2D eigenvalue weighted by molar-refractivity contribution is -0.128. The van der Waals surface area contributed by atoms with E-state index in [2.05, 4.69) is 15.9 Å². The highest BCUT2D eigenvalue weighted by molar-refractivity contribution is 9.10. The lowest BCUT2D eigenvalue weighted by Crippen LogP contribution is -2.36. The van der Waals surface area contributed by atoms with E-state index >= 15 is 0 Å². The minimum absolute atomic E-state index is 0.00749. The van der Waals surface area contributed by atoms with E-state index in [0.717, 1.165) is 0 Å². The zero-order valence-corrected chi connectivity index (χ0v) is 11.1. The standard InChI is InChI=1S/C8H15BrN2O3S/c1-8(12)10-3-2-4-11(6-5-10)15(13,14)7-9/h2-7H2,1H3. The minimum atomic E-state index is -3.18. The number of rotatable bonds is 2. The Morgan fingerprint density at radius 2 is 1.93 bits per heavy atom. The number of carbonyl (C=O) groups excluding carboxylic acids is 1. The molecule has 1 fully saturated rings. The van der Waals surface area contributed by atoms with Gasteiger partial charge in [0, 0.05) is 33.1 Å². The Kier molecular flexibility index (Phi) is 4.54. The van der Waals surface area contributed by atoms with Gasteiger partial charge in [0.15, 0.2) is 0 Å². The van der Waals surface area contributed by atoms with Crippen LogP contribution in [0.3, 0.4) is 0 Å². The van der Waals surface area contributed by atoms with E-state index in [-0.39, 0.29) is 10.6 Å². The maximum atomic E-state index is 11.6. The first-order valence-corrected chi connectivity index (χ1v) is 7.50. The van der Waals surface area contributed by atoms with Crippen molar-refractivity contribution in [3.05, 3.63) is 0 Å². The number of alkyl halides is 1. The van der Waals surface area contributed by atoms with Gasteiger partial charge in [0.1, 0.15) is 4.66 Å². The molecule has 1 aliphatic heterocycles. The van der Waals surface area contributed by atoms with E-state index in [1.165, 1.54) is 11.2 Å². The summed E-state index contributed by atoms with van der Waals surface area (Å²) in [6.07, 6.45) is 0.700. The maximum absolute atomic E-state index is 11.6. The SMILES string of the molecule is CC(=O)N1CCCN(S(=O)(=O)CBr)CC1. The molecule has 88 valence electrons. The van der Waals surface area contributed by atoms with Crippen molar-refractivity contribution in [3.63, 3.8) is 0 Å². The van der Waals surface area contributed by atoms with Crippen molar-refractivity contribution in [2.75, 3.05) is 30.8 Å². The third-order valence-electron chi connectivity index (χ3n) is 2.43. The molecule has 0 spiro atoms. The van der Waals surface area contributed by atoms with Crippen LogP contribution >= 0.6 is 15.9 Å². The summed E-state index contributed by atoms with van der Waals surface area (Å²) < 4.78 is 24.5. The number of nitrogens with zero attached hydrogens (tertiary/aromatic N) is 2. The molecule has 0 saturated carbocycles. The molecule has 0 unspecified atom stereocenters. The first-order chi connectivity index (χ1) is 6.97. The van der Waals surface area contributed by atoms with E-state index in [1.807, 2.05) is 0 Å². The van der Waals surface area contributed by atoms with Gasteiger partial charge in [-0.3, -0.25) is 4.79 Å². The van der Waals surface area contributed by atoms with Crippen LogP contribution in [-0.4, -0.2) is 54.4 Å².